The van der Waals surface area contributed by atoms with Crippen LogP contribution in [0.25, 0.3) is 0 Å². The zero-order chi connectivity index (χ0) is 20.6. The number of nitrogens with zero attached hydrogens (tertiary/aromatic N) is 1. The summed E-state index contributed by atoms with van der Waals surface area (Å²) in [4.78, 5) is 48.6. The average Bonchev–Trinajstić information content (AvgIpc) is 2.60. The normalized spacial score (nSPS) is 14.1. The number of aldehydes is 1. The van der Waals surface area contributed by atoms with Crippen molar-refractivity contribution in [1.29, 1.82) is 0 Å². The van der Waals surface area contributed by atoms with Crippen LogP contribution in [-0.4, -0.2) is 59.2 Å². The third-order valence-electron chi connectivity index (χ3n) is 4.25. The molecule has 0 saturated heterocycles. The van der Waals surface area contributed by atoms with E-state index >= 15 is 0 Å². The van der Waals surface area contributed by atoms with Crippen molar-refractivity contribution in [3.63, 3.8) is 0 Å². The highest BCUT2D eigenvalue weighted by Gasteiger charge is 2.31. The van der Waals surface area contributed by atoms with Crippen molar-refractivity contribution in [1.82, 2.24) is 10.2 Å². The molecule has 8 nitrogen and oxygen atoms in total. The number of rotatable bonds is 10. The highest BCUT2D eigenvalue weighted by Crippen LogP contribution is 2.12. The van der Waals surface area contributed by atoms with Gasteiger partial charge in [-0.3, -0.25) is 14.4 Å². The Balaban J connectivity index is 3.02. The number of carboxylic acids is 1. The molecule has 0 bridgehead atoms. The van der Waals surface area contributed by atoms with Gasteiger partial charge in [0.25, 0.3) is 0 Å². The van der Waals surface area contributed by atoms with Crippen LogP contribution < -0.4 is 11.1 Å². The van der Waals surface area contributed by atoms with Crippen LogP contribution in [0.15, 0.2) is 30.3 Å². The van der Waals surface area contributed by atoms with Gasteiger partial charge in [-0.15, -0.1) is 0 Å². The SMILES string of the molecule is CC(C)[C@@H](C=O)N(C)C(=O)[C@@H](Cc1ccccc1)NC(=O)[C@@H](N)CC(=O)O. The summed E-state index contributed by atoms with van der Waals surface area (Å²) in [5.41, 5.74) is 6.41. The van der Waals surface area contributed by atoms with Gasteiger partial charge in [-0.05, 0) is 11.5 Å². The van der Waals surface area contributed by atoms with Crippen molar-refractivity contribution in [2.24, 2.45) is 11.7 Å². The molecule has 4 N–H and O–H groups in total. The van der Waals surface area contributed by atoms with Crippen LogP contribution >= 0.6 is 0 Å². The Hall–Kier alpha value is -2.74. The quantitative estimate of drug-likeness (QED) is 0.499. The lowest BCUT2D eigenvalue weighted by Gasteiger charge is -2.31. The lowest BCUT2D eigenvalue weighted by Crippen LogP contribution is -2.55. The monoisotopic (exact) mass is 377 g/mol. The first-order valence-electron chi connectivity index (χ1n) is 8.71. The van der Waals surface area contributed by atoms with Gasteiger partial charge < -0.3 is 25.9 Å². The van der Waals surface area contributed by atoms with Crippen LogP contribution in [0.1, 0.15) is 25.8 Å². The van der Waals surface area contributed by atoms with Gasteiger partial charge >= 0.3 is 5.97 Å². The van der Waals surface area contributed by atoms with Crippen LogP contribution in [0.4, 0.5) is 0 Å². The summed E-state index contributed by atoms with van der Waals surface area (Å²) < 4.78 is 0. The Bertz CT molecular complexity index is 663. The van der Waals surface area contributed by atoms with Crippen molar-refractivity contribution in [2.45, 2.75) is 44.8 Å². The Morgan fingerprint density at radius 1 is 1.22 bits per heavy atom. The lowest BCUT2D eigenvalue weighted by atomic mass is 10.0. The summed E-state index contributed by atoms with van der Waals surface area (Å²) in [7, 11) is 1.50. The van der Waals surface area contributed by atoms with Gasteiger partial charge in [-0.25, -0.2) is 0 Å². The van der Waals surface area contributed by atoms with Crippen molar-refractivity contribution >= 4 is 24.1 Å². The van der Waals surface area contributed by atoms with E-state index in [4.69, 9.17) is 10.8 Å². The maximum atomic E-state index is 12.9. The molecule has 0 unspecified atom stereocenters. The second-order valence-electron chi connectivity index (χ2n) is 6.78. The minimum Gasteiger partial charge on any atom is -0.481 e. The summed E-state index contributed by atoms with van der Waals surface area (Å²) >= 11 is 0. The molecule has 27 heavy (non-hydrogen) atoms. The standard InChI is InChI=1S/C19H27N3O5/c1-12(2)16(11-23)22(3)19(27)15(9-13-7-5-4-6-8-13)21-18(26)14(20)10-17(24)25/h4-8,11-12,14-16H,9-10,20H2,1-3H3,(H,21,26)(H,24,25)/t14-,15+,16+/m0/s1. The third kappa shape index (κ3) is 6.82. The number of aliphatic carboxylic acids is 1. The molecule has 2 amide bonds. The Morgan fingerprint density at radius 3 is 2.30 bits per heavy atom. The maximum absolute atomic E-state index is 12.9. The molecule has 0 saturated carbocycles. The summed E-state index contributed by atoms with van der Waals surface area (Å²) in [6.07, 6.45) is 0.343. The van der Waals surface area contributed by atoms with Crippen LogP contribution in [-0.2, 0) is 25.6 Å². The van der Waals surface area contributed by atoms with Crippen LogP contribution in [0.5, 0.6) is 0 Å². The van der Waals surface area contributed by atoms with E-state index < -0.39 is 42.3 Å². The molecule has 0 aliphatic heterocycles. The molecule has 0 aromatic heterocycles. The summed E-state index contributed by atoms with van der Waals surface area (Å²) in [5.74, 6) is -2.48. The topological polar surface area (TPSA) is 130 Å². The number of carbonyl (C=O) groups is 4. The van der Waals surface area contributed by atoms with E-state index in [1.807, 2.05) is 32.0 Å². The first-order valence-corrected chi connectivity index (χ1v) is 8.71. The number of hydrogen-bond donors (Lipinski definition) is 3. The molecule has 0 aliphatic rings. The first kappa shape index (κ1) is 22.3. The molecular weight excluding hydrogens is 350 g/mol. The van der Waals surface area contributed by atoms with Gasteiger partial charge in [0.2, 0.25) is 11.8 Å². The second kappa shape index (κ2) is 10.4. The molecule has 0 spiro atoms. The van der Waals surface area contributed by atoms with Crippen molar-refractivity contribution < 1.29 is 24.3 Å². The van der Waals surface area contributed by atoms with Crippen molar-refractivity contribution in [3.05, 3.63) is 35.9 Å². The number of carbonyl (C=O) groups excluding carboxylic acids is 3. The number of nitrogens with two attached hydrogens (primary N) is 1. The van der Waals surface area contributed by atoms with E-state index in [0.717, 1.165) is 5.56 Å². The van der Waals surface area contributed by atoms with E-state index in [1.54, 1.807) is 12.1 Å². The predicted molar refractivity (Wildman–Crippen MR) is 99.8 cm³/mol. The van der Waals surface area contributed by atoms with Crippen LogP contribution in [0.2, 0.25) is 0 Å². The molecule has 8 heteroatoms. The van der Waals surface area contributed by atoms with Gasteiger partial charge in [-0.2, -0.15) is 0 Å². The fraction of sp³-hybridized carbons (Fsp3) is 0.474. The van der Waals surface area contributed by atoms with E-state index in [9.17, 15) is 19.2 Å². The van der Waals surface area contributed by atoms with Gasteiger partial charge in [0.1, 0.15) is 12.3 Å². The van der Waals surface area contributed by atoms with E-state index in [-0.39, 0.29) is 12.3 Å². The lowest BCUT2D eigenvalue weighted by molar-refractivity contribution is -0.141. The largest absolute Gasteiger partial charge is 0.481 e. The van der Waals surface area contributed by atoms with E-state index in [1.165, 1.54) is 11.9 Å². The third-order valence-corrected chi connectivity index (χ3v) is 4.25. The first-order chi connectivity index (χ1) is 12.7. The average molecular weight is 377 g/mol. The molecule has 0 aliphatic carbocycles. The van der Waals surface area contributed by atoms with Crippen molar-refractivity contribution in [2.75, 3.05) is 7.05 Å². The molecule has 0 heterocycles. The summed E-state index contributed by atoms with van der Waals surface area (Å²) in [5, 5.41) is 11.3. The highest BCUT2D eigenvalue weighted by atomic mass is 16.4. The smallest absolute Gasteiger partial charge is 0.305 e. The van der Waals surface area contributed by atoms with Crippen LogP contribution in [0.3, 0.4) is 0 Å². The summed E-state index contributed by atoms with van der Waals surface area (Å²) in [6, 6.07) is 6.18. The number of hydrogen-bond acceptors (Lipinski definition) is 5. The zero-order valence-electron chi connectivity index (χ0n) is 15.8. The van der Waals surface area contributed by atoms with E-state index in [0.29, 0.717) is 6.29 Å². The van der Waals surface area contributed by atoms with Crippen molar-refractivity contribution in [3.8, 4) is 0 Å². The predicted octanol–water partition coefficient (Wildman–Crippen LogP) is 0.198. The Morgan fingerprint density at radius 2 is 1.81 bits per heavy atom. The number of likely N-dealkylation sites (N-methyl/N-ethyl adjacent to an activating group) is 1. The van der Waals surface area contributed by atoms with Gasteiger partial charge in [0.05, 0.1) is 18.5 Å². The molecule has 1 aromatic carbocycles. The Labute approximate surface area is 158 Å². The van der Waals surface area contributed by atoms with Gasteiger partial charge in [-0.1, -0.05) is 44.2 Å². The second-order valence-corrected chi connectivity index (χ2v) is 6.78. The van der Waals surface area contributed by atoms with Gasteiger partial charge in [0, 0.05) is 13.5 Å². The number of amides is 2. The Kier molecular flexibility index (Phi) is 8.61. The number of carboxylic acid groups (broad SMARTS) is 1. The fourth-order valence-electron chi connectivity index (χ4n) is 2.70. The van der Waals surface area contributed by atoms with E-state index in [2.05, 4.69) is 5.32 Å². The zero-order valence-corrected chi connectivity index (χ0v) is 15.8. The minimum absolute atomic E-state index is 0.0983. The summed E-state index contributed by atoms with van der Waals surface area (Å²) in [6.45, 7) is 3.63. The molecule has 1 aromatic rings. The molecule has 0 fully saturated rings. The van der Waals surface area contributed by atoms with Gasteiger partial charge in [0.15, 0.2) is 0 Å². The maximum Gasteiger partial charge on any atom is 0.305 e. The fourth-order valence-corrected chi connectivity index (χ4v) is 2.70. The number of nitrogens with one attached hydrogen (secondary N) is 1. The molecule has 148 valence electrons. The minimum atomic E-state index is -1.27. The number of benzene rings is 1. The molecule has 0 radical (unpaired) electrons. The molecular formula is C19H27N3O5. The van der Waals surface area contributed by atoms with Crippen LogP contribution in [0, 0.1) is 5.92 Å². The highest BCUT2D eigenvalue weighted by molar-refractivity contribution is 5.92. The molecule has 1 rings (SSSR count). The molecule has 3 atom stereocenters.